The second kappa shape index (κ2) is 5.90. The second-order valence-corrected chi connectivity index (χ2v) is 3.94. The lowest BCUT2D eigenvalue weighted by molar-refractivity contribution is 0.252. The Kier molecular flexibility index (Phi) is 4.51. The minimum Gasteiger partial charge on any atom is -0.298 e. The molecule has 0 aromatic heterocycles. The summed E-state index contributed by atoms with van der Waals surface area (Å²) in [4.78, 5) is 2.11. The highest BCUT2D eigenvalue weighted by Crippen LogP contribution is 2.10. The summed E-state index contributed by atoms with van der Waals surface area (Å²) in [6.45, 7) is 2.79. The maximum absolute atomic E-state index is 8.78. The Hall–Kier alpha value is -1.84. The molecule has 82 valence electrons. The number of hydrogen-bond donors (Lipinski definition) is 0. The number of nitriles is 2. The highest BCUT2D eigenvalue weighted by atomic mass is 15.1. The molecular formula is C13H15N3. The Morgan fingerprint density at radius 1 is 1.38 bits per heavy atom. The molecule has 1 atom stereocenters. The first-order valence-electron chi connectivity index (χ1n) is 5.23. The molecule has 0 bridgehead atoms. The third-order valence-corrected chi connectivity index (χ3v) is 2.63. The summed E-state index contributed by atoms with van der Waals surface area (Å²) in [5.41, 5.74) is 1.78. The largest absolute Gasteiger partial charge is 0.298 e. The zero-order chi connectivity index (χ0) is 12.0. The zero-order valence-electron chi connectivity index (χ0n) is 9.64. The molecule has 3 nitrogen and oxygen atoms in total. The predicted octanol–water partition coefficient (Wildman–Crippen LogP) is 2.29. The van der Waals surface area contributed by atoms with Crippen molar-refractivity contribution in [1.29, 1.82) is 10.5 Å². The van der Waals surface area contributed by atoms with E-state index in [0.717, 1.165) is 12.1 Å². The smallest absolute Gasteiger partial charge is 0.0991 e. The van der Waals surface area contributed by atoms with Crippen LogP contribution in [0.25, 0.3) is 0 Å². The van der Waals surface area contributed by atoms with Crippen molar-refractivity contribution in [2.75, 3.05) is 7.05 Å². The summed E-state index contributed by atoms with van der Waals surface area (Å²) < 4.78 is 0. The number of hydrogen-bond acceptors (Lipinski definition) is 3. The third-order valence-electron chi connectivity index (χ3n) is 2.63. The van der Waals surface area contributed by atoms with Crippen LogP contribution in [0.5, 0.6) is 0 Å². The van der Waals surface area contributed by atoms with Crippen LogP contribution >= 0.6 is 0 Å². The van der Waals surface area contributed by atoms with Crippen molar-refractivity contribution in [3.8, 4) is 12.1 Å². The Bertz CT molecular complexity index is 426. The van der Waals surface area contributed by atoms with Crippen LogP contribution in [0.15, 0.2) is 24.3 Å². The van der Waals surface area contributed by atoms with Gasteiger partial charge < -0.3 is 0 Å². The summed E-state index contributed by atoms with van der Waals surface area (Å²) in [6, 6.07) is 12.1. The molecule has 0 fully saturated rings. The maximum atomic E-state index is 8.78. The minimum atomic E-state index is 0.232. The monoisotopic (exact) mass is 213 g/mol. The Morgan fingerprint density at radius 2 is 2.12 bits per heavy atom. The molecule has 1 aromatic rings. The van der Waals surface area contributed by atoms with Crippen molar-refractivity contribution in [3.63, 3.8) is 0 Å². The van der Waals surface area contributed by atoms with Crippen molar-refractivity contribution < 1.29 is 0 Å². The first-order chi connectivity index (χ1) is 7.67. The second-order valence-electron chi connectivity index (χ2n) is 3.94. The Morgan fingerprint density at radius 3 is 2.75 bits per heavy atom. The zero-order valence-corrected chi connectivity index (χ0v) is 9.64. The number of rotatable bonds is 4. The summed E-state index contributed by atoms with van der Waals surface area (Å²) in [5, 5.41) is 17.4. The van der Waals surface area contributed by atoms with Gasteiger partial charge in [0.2, 0.25) is 0 Å². The van der Waals surface area contributed by atoms with Gasteiger partial charge in [0, 0.05) is 12.6 Å². The highest BCUT2D eigenvalue weighted by Gasteiger charge is 2.08. The van der Waals surface area contributed by atoms with Crippen molar-refractivity contribution in [1.82, 2.24) is 4.90 Å². The van der Waals surface area contributed by atoms with E-state index in [4.69, 9.17) is 10.5 Å². The van der Waals surface area contributed by atoms with Crippen LogP contribution in [0, 0.1) is 22.7 Å². The van der Waals surface area contributed by atoms with E-state index in [-0.39, 0.29) is 6.04 Å². The van der Waals surface area contributed by atoms with Crippen LogP contribution < -0.4 is 0 Å². The molecule has 0 heterocycles. The van der Waals surface area contributed by atoms with Crippen molar-refractivity contribution >= 4 is 0 Å². The minimum absolute atomic E-state index is 0.232. The van der Waals surface area contributed by atoms with Crippen LogP contribution in [0.4, 0.5) is 0 Å². The molecule has 1 aromatic carbocycles. The molecule has 0 aliphatic heterocycles. The van der Waals surface area contributed by atoms with Gasteiger partial charge in [-0.3, -0.25) is 4.90 Å². The van der Waals surface area contributed by atoms with E-state index in [0.29, 0.717) is 12.0 Å². The van der Waals surface area contributed by atoms with E-state index < -0.39 is 0 Å². The fourth-order valence-electron chi connectivity index (χ4n) is 1.47. The van der Waals surface area contributed by atoms with Gasteiger partial charge in [0.05, 0.1) is 24.1 Å². The summed E-state index contributed by atoms with van der Waals surface area (Å²) in [5.74, 6) is 0. The number of benzene rings is 1. The molecule has 0 aliphatic carbocycles. The van der Waals surface area contributed by atoms with Gasteiger partial charge in [-0.05, 0) is 31.7 Å². The van der Waals surface area contributed by atoms with Gasteiger partial charge in [-0.1, -0.05) is 12.1 Å². The number of nitrogens with zero attached hydrogens (tertiary/aromatic N) is 3. The van der Waals surface area contributed by atoms with E-state index >= 15 is 0 Å². The van der Waals surface area contributed by atoms with Crippen molar-refractivity contribution in [2.24, 2.45) is 0 Å². The molecule has 0 spiro atoms. The van der Waals surface area contributed by atoms with Crippen LogP contribution in [0.2, 0.25) is 0 Å². The first kappa shape index (κ1) is 12.2. The van der Waals surface area contributed by atoms with Crippen LogP contribution in [-0.2, 0) is 6.54 Å². The van der Waals surface area contributed by atoms with Crippen LogP contribution in [0.3, 0.4) is 0 Å². The Balaban J connectivity index is 2.66. The third kappa shape index (κ3) is 3.38. The van der Waals surface area contributed by atoms with Gasteiger partial charge in [0.25, 0.3) is 0 Å². The normalized spacial score (nSPS) is 11.8. The first-order valence-corrected chi connectivity index (χ1v) is 5.23. The average molecular weight is 213 g/mol. The molecule has 0 N–H and O–H groups in total. The van der Waals surface area contributed by atoms with Crippen LogP contribution in [0.1, 0.15) is 24.5 Å². The SMILES string of the molecule is CC(CC#N)N(C)Cc1cccc(C#N)c1. The summed E-state index contributed by atoms with van der Waals surface area (Å²) in [7, 11) is 1.99. The molecule has 3 heteroatoms. The molecule has 0 aliphatic rings. The molecule has 1 rings (SSSR count). The van der Waals surface area contributed by atoms with Gasteiger partial charge in [-0.15, -0.1) is 0 Å². The van der Waals surface area contributed by atoms with Gasteiger partial charge in [-0.25, -0.2) is 0 Å². The quantitative estimate of drug-likeness (QED) is 0.771. The molecule has 0 radical (unpaired) electrons. The van der Waals surface area contributed by atoms with E-state index in [2.05, 4.69) is 17.0 Å². The molecule has 1 unspecified atom stereocenters. The van der Waals surface area contributed by atoms with Gasteiger partial charge in [0.15, 0.2) is 0 Å². The standard InChI is InChI=1S/C13H15N3/c1-11(6-7-14)16(2)10-13-5-3-4-12(8-13)9-15/h3-5,8,11H,6,10H2,1-2H3. The lowest BCUT2D eigenvalue weighted by Gasteiger charge is -2.22. The van der Waals surface area contributed by atoms with Crippen LogP contribution in [-0.4, -0.2) is 18.0 Å². The maximum Gasteiger partial charge on any atom is 0.0991 e. The lowest BCUT2D eigenvalue weighted by Crippen LogP contribution is -2.28. The van der Waals surface area contributed by atoms with E-state index in [1.807, 2.05) is 32.2 Å². The van der Waals surface area contributed by atoms with E-state index in [1.54, 1.807) is 6.07 Å². The van der Waals surface area contributed by atoms with Gasteiger partial charge in [0.1, 0.15) is 0 Å². The predicted molar refractivity (Wildman–Crippen MR) is 62.3 cm³/mol. The van der Waals surface area contributed by atoms with E-state index in [9.17, 15) is 0 Å². The fourth-order valence-corrected chi connectivity index (χ4v) is 1.47. The average Bonchev–Trinajstić information content (AvgIpc) is 2.29. The molecule has 0 saturated heterocycles. The van der Waals surface area contributed by atoms with Crippen molar-refractivity contribution in [3.05, 3.63) is 35.4 Å². The topological polar surface area (TPSA) is 50.8 Å². The Labute approximate surface area is 96.5 Å². The van der Waals surface area contributed by atoms with Gasteiger partial charge in [-0.2, -0.15) is 10.5 Å². The lowest BCUT2D eigenvalue weighted by atomic mass is 10.1. The fraction of sp³-hybridized carbons (Fsp3) is 0.385. The summed E-state index contributed by atoms with van der Waals surface area (Å²) in [6.07, 6.45) is 0.522. The van der Waals surface area contributed by atoms with Crippen molar-refractivity contribution in [2.45, 2.75) is 25.9 Å². The summed E-state index contributed by atoms with van der Waals surface area (Å²) >= 11 is 0. The van der Waals surface area contributed by atoms with E-state index in [1.165, 1.54) is 0 Å². The van der Waals surface area contributed by atoms with Gasteiger partial charge >= 0.3 is 0 Å². The highest BCUT2D eigenvalue weighted by molar-refractivity contribution is 5.32. The molecule has 0 saturated carbocycles. The molecular weight excluding hydrogens is 198 g/mol. The molecule has 16 heavy (non-hydrogen) atoms. The molecule has 0 amide bonds.